The summed E-state index contributed by atoms with van der Waals surface area (Å²) in [7, 11) is 0. The third kappa shape index (κ3) is 3.33. The first kappa shape index (κ1) is 17.7. The molecule has 0 aliphatic heterocycles. The van der Waals surface area contributed by atoms with Crippen LogP contribution in [0, 0.1) is 12.7 Å². The number of pyridine rings is 1. The Morgan fingerprint density at radius 3 is 2.62 bits per heavy atom. The molecular weight excluding hydrogens is 365 g/mol. The van der Waals surface area contributed by atoms with Gasteiger partial charge in [0.1, 0.15) is 11.6 Å². The van der Waals surface area contributed by atoms with Gasteiger partial charge in [-0.05, 0) is 66.3 Å². The summed E-state index contributed by atoms with van der Waals surface area (Å²) in [5.41, 5.74) is 3.76. The Morgan fingerprint density at radius 2 is 1.90 bits per heavy atom. The van der Waals surface area contributed by atoms with E-state index < -0.39 is 0 Å². The van der Waals surface area contributed by atoms with Gasteiger partial charge in [0.2, 0.25) is 0 Å². The summed E-state index contributed by atoms with van der Waals surface area (Å²) in [5.74, 6) is 0.939. The maximum Gasteiger partial charge on any atom is 0.261 e. The van der Waals surface area contributed by atoms with Crippen molar-refractivity contribution in [3.05, 3.63) is 94.0 Å². The van der Waals surface area contributed by atoms with Gasteiger partial charge in [0.25, 0.3) is 5.56 Å². The largest absolute Gasteiger partial charge is 0.291 e. The molecule has 0 radical (unpaired) electrons. The zero-order valence-corrected chi connectivity index (χ0v) is 16.1. The van der Waals surface area contributed by atoms with Crippen molar-refractivity contribution in [3.8, 4) is 11.1 Å². The standard InChI is InChI=1S/C24H20FN3O/c1-15-4-5-19(12-21(15)25)18-8-9-22-20(11-18)24(29)28(23(27-22)17-6-7-17)14-16-3-2-10-26-13-16/h2-5,8-13,17H,6-7,14H2,1H3. The number of rotatable bonds is 4. The predicted octanol–water partition coefficient (Wildman–Crippen LogP) is 4.83. The highest BCUT2D eigenvalue weighted by atomic mass is 19.1. The van der Waals surface area contributed by atoms with E-state index in [2.05, 4.69) is 4.98 Å². The molecule has 4 nitrogen and oxygen atoms in total. The Balaban J connectivity index is 1.67. The lowest BCUT2D eigenvalue weighted by Crippen LogP contribution is -2.25. The average molecular weight is 385 g/mol. The number of benzene rings is 2. The van der Waals surface area contributed by atoms with E-state index in [0.717, 1.165) is 35.4 Å². The van der Waals surface area contributed by atoms with E-state index in [1.54, 1.807) is 30.0 Å². The van der Waals surface area contributed by atoms with Gasteiger partial charge in [-0.3, -0.25) is 14.3 Å². The summed E-state index contributed by atoms with van der Waals surface area (Å²) in [6.45, 7) is 2.19. The van der Waals surface area contributed by atoms with Gasteiger partial charge in [-0.2, -0.15) is 0 Å². The molecule has 0 atom stereocenters. The fourth-order valence-electron chi connectivity index (χ4n) is 3.67. The minimum absolute atomic E-state index is 0.0600. The molecule has 0 bridgehead atoms. The molecule has 2 aromatic carbocycles. The van der Waals surface area contributed by atoms with Crippen molar-refractivity contribution in [2.45, 2.75) is 32.2 Å². The number of aromatic nitrogens is 3. The Kier molecular flexibility index (Phi) is 4.23. The Labute approximate surface area is 167 Å². The molecule has 29 heavy (non-hydrogen) atoms. The van der Waals surface area contributed by atoms with Crippen LogP contribution in [-0.4, -0.2) is 14.5 Å². The Morgan fingerprint density at radius 1 is 1.10 bits per heavy atom. The van der Waals surface area contributed by atoms with Gasteiger partial charge in [-0.1, -0.05) is 24.3 Å². The van der Waals surface area contributed by atoms with Crippen molar-refractivity contribution in [1.82, 2.24) is 14.5 Å². The monoisotopic (exact) mass is 385 g/mol. The smallest absolute Gasteiger partial charge is 0.261 e. The first-order valence-electron chi connectivity index (χ1n) is 9.80. The van der Waals surface area contributed by atoms with Crippen LogP contribution < -0.4 is 5.56 Å². The maximum atomic E-state index is 14.0. The van der Waals surface area contributed by atoms with Gasteiger partial charge in [-0.15, -0.1) is 0 Å². The number of hydrogen-bond donors (Lipinski definition) is 0. The van der Waals surface area contributed by atoms with Crippen molar-refractivity contribution in [1.29, 1.82) is 0 Å². The van der Waals surface area contributed by atoms with E-state index in [9.17, 15) is 9.18 Å². The zero-order valence-electron chi connectivity index (χ0n) is 16.1. The van der Waals surface area contributed by atoms with Crippen LogP contribution in [0.25, 0.3) is 22.0 Å². The van der Waals surface area contributed by atoms with Gasteiger partial charge in [0, 0.05) is 18.3 Å². The molecule has 0 spiro atoms. The first-order chi connectivity index (χ1) is 14.1. The lowest BCUT2D eigenvalue weighted by Gasteiger charge is -2.14. The van der Waals surface area contributed by atoms with Crippen molar-refractivity contribution in [3.63, 3.8) is 0 Å². The highest BCUT2D eigenvalue weighted by Crippen LogP contribution is 2.39. The van der Waals surface area contributed by atoms with E-state index in [1.807, 2.05) is 36.4 Å². The molecule has 2 heterocycles. The first-order valence-corrected chi connectivity index (χ1v) is 9.80. The van der Waals surface area contributed by atoms with Gasteiger partial charge in [0.15, 0.2) is 0 Å². The van der Waals surface area contributed by atoms with Crippen molar-refractivity contribution in [2.24, 2.45) is 0 Å². The van der Waals surface area contributed by atoms with Crippen LogP contribution in [0.3, 0.4) is 0 Å². The quantitative estimate of drug-likeness (QED) is 0.505. The lowest BCUT2D eigenvalue weighted by molar-refractivity contribution is 0.619. The van der Waals surface area contributed by atoms with E-state index in [1.165, 1.54) is 6.07 Å². The highest BCUT2D eigenvalue weighted by Gasteiger charge is 2.29. The molecular formula is C24H20FN3O. The summed E-state index contributed by atoms with van der Waals surface area (Å²) >= 11 is 0. The number of nitrogens with zero attached hydrogens (tertiary/aromatic N) is 3. The number of hydrogen-bond acceptors (Lipinski definition) is 3. The normalized spacial score (nSPS) is 13.7. The molecule has 144 valence electrons. The second-order valence-corrected chi connectivity index (χ2v) is 7.69. The van der Waals surface area contributed by atoms with E-state index in [0.29, 0.717) is 28.9 Å². The average Bonchev–Trinajstić information content (AvgIpc) is 3.58. The summed E-state index contributed by atoms with van der Waals surface area (Å²) in [5, 5.41) is 0.553. The van der Waals surface area contributed by atoms with Gasteiger partial charge < -0.3 is 0 Å². The third-order valence-electron chi connectivity index (χ3n) is 5.49. The van der Waals surface area contributed by atoms with Crippen molar-refractivity contribution >= 4 is 10.9 Å². The van der Waals surface area contributed by atoms with E-state index in [4.69, 9.17) is 4.98 Å². The molecule has 2 aromatic heterocycles. The molecule has 1 fully saturated rings. The molecule has 0 amide bonds. The zero-order chi connectivity index (χ0) is 20.0. The maximum absolute atomic E-state index is 14.0. The second kappa shape index (κ2) is 6.92. The van der Waals surface area contributed by atoms with Crippen LogP contribution >= 0.6 is 0 Å². The number of aryl methyl sites for hydroxylation is 1. The Bertz CT molecular complexity index is 1280. The topological polar surface area (TPSA) is 47.8 Å². The van der Waals surface area contributed by atoms with Crippen LogP contribution in [0.2, 0.25) is 0 Å². The minimum Gasteiger partial charge on any atom is -0.291 e. The Hall–Kier alpha value is -3.34. The number of halogens is 1. The fourth-order valence-corrected chi connectivity index (χ4v) is 3.67. The van der Waals surface area contributed by atoms with E-state index >= 15 is 0 Å². The molecule has 1 aliphatic rings. The van der Waals surface area contributed by atoms with Crippen LogP contribution in [0.4, 0.5) is 4.39 Å². The molecule has 5 heteroatoms. The summed E-state index contributed by atoms with van der Waals surface area (Å²) in [6.07, 6.45) is 5.62. The molecule has 0 saturated heterocycles. The van der Waals surface area contributed by atoms with Crippen LogP contribution in [-0.2, 0) is 6.54 Å². The predicted molar refractivity (Wildman–Crippen MR) is 111 cm³/mol. The van der Waals surface area contributed by atoms with Crippen LogP contribution in [0.15, 0.2) is 65.7 Å². The number of fused-ring (bicyclic) bond motifs is 1. The molecule has 1 aliphatic carbocycles. The van der Waals surface area contributed by atoms with Gasteiger partial charge in [-0.25, -0.2) is 9.37 Å². The van der Waals surface area contributed by atoms with Crippen LogP contribution in [0.1, 0.15) is 35.7 Å². The molecule has 5 rings (SSSR count). The van der Waals surface area contributed by atoms with Gasteiger partial charge >= 0.3 is 0 Å². The van der Waals surface area contributed by atoms with Crippen molar-refractivity contribution < 1.29 is 4.39 Å². The molecule has 0 N–H and O–H groups in total. The molecule has 0 unspecified atom stereocenters. The highest BCUT2D eigenvalue weighted by molar-refractivity contribution is 5.84. The fraction of sp³-hybridized carbons (Fsp3) is 0.208. The third-order valence-corrected chi connectivity index (χ3v) is 5.49. The molecule has 1 saturated carbocycles. The van der Waals surface area contributed by atoms with Gasteiger partial charge in [0.05, 0.1) is 17.4 Å². The minimum atomic E-state index is -0.251. The molecule has 4 aromatic rings. The SMILES string of the molecule is Cc1ccc(-c2ccc3nc(C4CC4)n(Cc4cccnc4)c(=O)c3c2)cc1F. The summed E-state index contributed by atoms with van der Waals surface area (Å²) < 4.78 is 15.8. The van der Waals surface area contributed by atoms with E-state index in [-0.39, 0.29) is 11.4 Å². The second-order valence-electron chi connectivity index (χ2n) is 7.69. The summed E-state index contributed by atoms with van der Waals surface area (Å²) in [4.78, 5) is 22.4. The van der Waals surface area contributed by atoms with Crippen molar-refractivity contribution in [2.75, 3.05) is 0 Å². The lowest BCUT2D eigenvalue weighted by atomic mass is 10.0. The van der Waals surface area contributed by atoms with Crippen LogP contribution in [0.5, 0.6) is 0 Å². The summed E-state index contributed by atoms with van der Waals surface area (Å²) in [6, 6.07) is 14.6.